The van der Waals surface area contributed by atoms with Gasteiger partial charge >= 0.3 is 6.03 Å². The maximum atomic E-state index is 13.0. The molecule has 0 fully saturated rings. The number of phenolic OH excluding ortho intramolecular Hbond substituents is 1. The van der Waals surface area contributed by atoms with Gasteiger partial charge in [-0.2, -0.15) is 0 Å². The van der Waals surface area contributed by atoms with Gasteiger partial charge < -0.3 is 20.8 Å². The van der Waals surface area contributed by atoms with Crippen LogP contribution in [0.3, 0.4) is 0 Å². The lowest BCUT2D eigenvalue weighted by Gasteiger charge is -2.25. The number of carbonyl (C=O) groups is 1. The molecule has 0 spiro atoms. The lowest BCUT2D eigenvalue weighted by atomic mass is 9.96. The van der Waals surface area contributed by atoms with Gasteiger partial charge in [-0.1, -0.05) is 18.2 Å². The summed E-state index contributed by atoms with van der Waals surface area (Å²) in [5, 5.41) is 25.6. The first-order valence-electron chi connectivity index (χ1n) is 8.20. The number of nitrogens with one attached hydrogen (secondary N) is 2. The van der Waals surface area contributed by atoms with Crippen LogP contribution in [0.15, 0.2) is 42.5 Å². The third-order valence-electron chi connectivity index (χ3n) is 4.57. The van der Waals surface area contributed by atoms with Crippen molar-refractivity contribution < 1.29 is 19.4 Å². The van der Waals surface area contributed by atoms with Gasteiger partial charge in [-0.3, -0.25) is 0 Å². The van der Waals surface area contributed by atoms with Crippen LogP contribution in [0.5, 0.6) is 5.75 Å². The van der Waals surface area contributed by atoms with Crippen molar-refractivity contribution in [3.8, 4) is 5.75 Å². The number of amides is 2. The summed E-state index contributed by atoms with van der Waals surface area (Å²) >= 11 is 0. The largest absolute Gasteiger partial charge is 0.508 e. The van der Waals surface area contributed by atoms with Gasteiger partial charge in [-0.25, -0.2) is 9.18 Å². The molecule has 5 nitrogen and oxygen atoms in total. The fourth-order valence-corrected chi connectivity index (χ4v) is 3.11. The second-order valence-electron chi connectivity index (χ2n) is 6.58. The molecule has 0 heterocycles. The summed E-state index contributed by atoms with van der Waals surface area (Å²) in [5.74, 6) is -0.208. The van der Waals surface area contributed by atoms with E-state index in [1.165, 1.54) is 24.3 Å². The van der Waals surface area contributed by atoms with Crippen molar-refractivity contribution in [1.29, 1.82) is 0 Å². The van der Waals surface area contributed by atoms with E-state index in [0.29, 0.717) is 5.56 Å². The Morgan fingerprint density at radius 2 is 2.00 bits per heavy atom. The molecule has 0 bridgehead atoms. The lowest BCUT2D eigenvalue weighted by molar-refractivity contribution is 0.0592. The number of aryl methyl sites for hydroxylation is 1. The van der Waals surface area contributed by atoms with E-state index in [2.05, 4.69) is 10.6 Å². The van der Waals surface area contributed by atoms with Gasteiger partial charge in [-0.05, 0) is 60.7 Å². The van der Waals surface area contributed by atoms with Gasteiger partial charge in [0, 0.05) is 0 Å². The highest BCUT2D eigenvalue weighted by Gasteiger charge is 2.27. The number of hydrogen-bond donors (Lipinski definition) is 4. The summed E-state index contributed by atoms with van der Waals surface area (Å²) in [5.41, 5.74) is 1.24. The quantitative estimate of drug-likeness (QED) is 0.688. The van der Waals surface area contributed by atoms with Crippen molar-refractivity contribution in [2.45, 2.75) is 31.4 Å². The third-order valence-corrected chi connectivity index (χ3v) is 4.57. The average molecular weight is 344 g/mol. The van der Waals surface area contributed by atoms with Crippen LogP contribution in [0.1, 0.15) is 36.1 Å². The Labute approximate surface area is 145 Å². The van der Waals surface area contributed by atoms with E-state index < -0.39 is 11.6 Å². The van der Waals surface area contributed by atoms with Crippen molar-refractivity contribution in [2.24, 2.45) is 0 Å². The Morgan fingerprint density at radius 1 is 1.28 bits per heavy atom. The van der Waals surface area contributed by atoms with E-state index in [1.54, 1.807) is 19.1 Å². The zero-order chi connectivity index (χ0) is 18.0. The molecule has 0 aliphatic heterocycles. The molecule has 2 atom stereocenters. The van der Waals surface area contributed by atoms with Gasteiger partial charge in [0.1, 0.15) is 17.2 Å². The highest BCUT2D eigenvalue weighted by Crippen LogP contribution is 2.33. The number of halogens is 1. The van der Waals surface area contributed by atoms with E-state index in [4.69, 9.17) is 0 Å². The molecule has 2 aromatic carbocycles. The Bertz CT molecular complexity index is 775. The average Bonchev–Trinajstić information content (AvgIpc) is 2.96. The van der Waals surface area contributed by atoms with Crippen molar-refractivity contribution in [3.63, 3.8) is 0 Å². The van der Waals surface area contributed by atoms with Crippen LogP contribution >= 0.6 is 0 Å². The number of aliphatic hydroxyl groups is 1. The number of urea groups is 1. The minimum absolute atomic E-state index is 0.00984. The first-order valence-corrected chi connectivity index (χ1v) is 8.20. The molecular weight excluding hydrogens is 323 g/mol. The standard InChI is InChI=1S/C19H21FN2O3/c1-19(25,13-4-6-14(20)7-5-13)11-21-18(24)22-17-9-3-12-2-8-15(23)10-16(12)17/h2,4-8,10,17,23,25H,3,9,11H2,1H3,(H2,21,22,24). The number of carbonyl (C=O) groups excluding carboxylic acids is 1. The minimum atomic E-state index is -1.31. The summed E-state index contributed by atoms with van der Waals surface area (Å²) in [4.78, 5) is 12.2. The van der Waals surface area contributed by atoms with E-state index in [9.17, 15) is 19.4 Å². The molecule has 0 aromatic heterocycles. The van der Waals surface area contributed by atoms with E-state index in [0.717, 1.165) is 24.0 Å². The highest BCUT2D eigenvalue weighted by atomic mass is 19.1. The maximum Gasteiger partial charge on any atom is 0.315 e. The Kier molecular flexibility index (Phi) is 4.63. The zero-order valence-electron chi connectivity index (χ0n) is 13.9. The lowest BCUT2D eigenvalue weighted by Crippen LogP contribution is -2.44. The van der Waals surface area contributed by atoms with E-state index in [1.807, 2.05) is 6.07 Å². The van der Waals surface area contributed by atoms with Crippen molar-refractivity contribution >= 4 is 6.03 Å². The number of rotatable bonds is 4. The van der Waals surface area contributed by atoms with Gasteiger partial charge in [0.2, 0.25) is 0 Å². The molecule has 2 aromatic rings. The van der Waals surface area contributed by atoms with Crippen LogP contribution in [-0.2, 0) is 12.0 Å². The SMILES string of the molecule is CC(O)(CNC(=O)NC1CCc2ccc(O)cc21)c1ccc(F)cc1. The predicted octanol–water partition coefficient (Wildman–Crippen LogP) is 2.73. The van der Waals surface area contributed by atoms with Crippen molar-refractivity contribution in [1.82, 2.24) is 10.6 Å². The molecule has 3 rings (SSSR count). The van der Waals surface area contributed by atoms with Crippen LogP contribution < -0.4 is 10.6 Å². The first-order chi connectivity index (χ1) is 11.8. The Balaban J connectivity index is 1.59. The Morgan fingerprint density at radius 3 is 2.72 bits per heavy atom. The molecule has 0 saturated heterocycles. The Hall–Kier alpha value is -2.60. The van der Waals surface area contributed by atoms with Gasteiger partial charge in [0.05, 0.1) is 12.6 Å². The van der Waals surface area contributed by atoms with Gasteiger partial charge in [-0.15, -0.1) is 0 Å². The number of benzene rings is 2. The molecule has 0 saturated carbocycles. The molecule has 6 heteroatoms. The molecule has 1 aliphatic carbocycles. The number of phenols is 1. The molecule has 2 amide bonds. The summed E-state index contributed by atoms with van der Waals surface area (Å²) in [6.07, 6.45) is 1.61. The number of fused-ring (bicyclic) bond motifs is 1. The normalized spacial score (nSPS) is 18.3. The zero-order valence-corrected chi connectivity index (χ0v) is 13.9. The molecule has 132 valence electrons. The van der Waals surface area contributed by atoms with Crippen molar-refractivity contribution in [3.05, 3.63) is 65.0 Å². The maximum absolute atomic E-state index is 13.0. The van der Waals surface area contributed by atoms with E-state index in [-0.39, 0.29) is 24.2 Å². The van der Waals surface area contributed by atoms with Crippen molar-refractivity contribution in [2.75, 3.05) is 6.54 Å². The van der Waals surface area contributed by atoms with E-state index >= 15 is 0 Å². The second-order valence-corrected chi connectivity index (χ2v) is 6.58. The second kappa shape index (κ2) is 6.72. The fourth-order valence-electron chi connectivity index (χ4n) is 3.11. The molecule has 0 radical (unpaired) electrons. The van der Waals surface area contributed by atoms with Crippen LogP contribution in [-0.4, -0.2) is 22.8 Å². The van der Waals surface area contributed by atoms with Gasteiger partial charge in [0.25, 0.3) is 0 Å². The molecular formula is C19H21FN2O3. The van der Waals surface area contributed by atoms with Crippen LogP contribution in [0.25, 0.3) is 0 Å². The predicted molar refractivity (Wildman–Crippen MR) is 91.7 cm³/mol. The summed E-state index contributed by atoms with van der Waals surface area (Å²) in [6, 6.07) is 10.1. The monoisotopic (exact) mass is 344 g/mol. The number of aromatic hydroxyl groups is 1. The minimum Gasteiger partial charge on any atom is -0.508 e. The van der Waals surface area contributed by atoms with Crippen LogP contribution in [0, 0.1) is 5.82 Å². The number of hydrogen-bond acceptors (Lipinski definition) is 3. The molecule has 1 aliphatic rings. The van der Waals surface area contributed by atoms with Crippen LogP contribution in [0.2, 0.25) is 0 Å². The molecule has 4 N–H and O–H groups in total. The highest BCUT2D eigenvalue weighted by molar-refractivity contribution is 5.74. The molecule has 25 heavy (non-hydrogen) atoms. The van der Waals surface area contributed by atoms with Gasteiger partial charge in [0.15, 0.2) is 0 Å². The van der Waals surface area contributed by atoms with Crippen LogP contribution in [0.4, 0.5) is 9.18 Å². The third kappa shape index (κ3) is 3.91. The topological polar surface area (TPSA) is 81.6 Å². The molecule has 2 unspecified atom stereocenters. The summed E-state index contributed by atoms with van der Waals surface area (Å²) < 4.78 is 13.0. The first kappa shape index (κ1) is 17.2. The smallest absolute Gasteiger partial charge is 0.315 e. The summed E-state index contributed by atoms with van der Waals surface area (Å²) in [7, 11) is 0. The summed E-state index contributed by atoms with van der Waals surface area (Å²) in [6.45, 7) is 1.55. The fraction of sp³-hybridized carbons (Fsp3) is 0.316.